The largest absolute Gasteiger partial charge is 0.353 e. The number of rotatable bonds is 6. The fraction of sp³-hybridized carbons (Fsp3) is 0.385. The van der Waals surface area contributed by atoms with Crippen molar-refractivity contribution in [3.63, 3.8) is 0 Å². The molecule has 1 N–H and O–H groups in total. The highest BCUT2D eigenvalue weighted by atomic mass is 16.1. The van der Waals surface area contributed by atoms with E-state index in [4.69, 9.17) is 4.98 Å². The number of hydrogen-bond donors (Lipinski definition) is 1. The number of nitrogens with one attached hydrogen (secondary N) is 1. The van der Waals surface area contributed by atoms with E-state index in [2.05, 4.69) is 41.0 Å². The van der Waals surface area contributed by atoms with Crippen LogP contribution in [0, 0.1) is 6.92 Å². The van der Waals surface area contributed by atoms with Crippen LogP contribution in [-0.2, 0) is 11.2 Å². The molecule has 1 aromatic carbocycles. The Morgan fingerprint density at radius 2 is 1.78 bits per heavy atom. The van der Waals surface area contributed by atoms with Crippen LogP contribution in [0.15, 0.2) is 55.0 Å². The topological polar surface area (TPSA) is 71.0 Å². The molecule has 0 atom stereocenters. The fourth-order valence-electron chi connectivity index (χ4n) is 4.13. The van der Waals surface area contributed by atoms with Gasteiger partial charge in [-0.15, -0.1) is 0 Å². The standard InChI is InChI=1S/C26H31N5O/c1-18(2)25-23(21-8-12-27-13-9-21)17-28-26(30-25)31-14-10-22(11-15-31)29-24(32)16-20-6-4-19(3)5-7-20/h4-9,12-13,17-18,22H,10-11,14-16H2,1-3H3,(H,29,32). The number of nitrogens with zero attached hydrogens (tertiary/aromatic N) is 4. The molecule has 0 bridgehead atoms. The first-order chi connectivity index (χ1) is 15.5. The third-order valence-electron chi connectivity index (χ3n) is 5.97. The molecule has 3 aromatic rings. The molecule has 1 fully saturated rings. The van der Waals surface area contributed by atoms with Crippen molar-refractivity contribution in [3.8, 4) is 11.1 Å². The van der Waals surface area contributed by atoms with Crippen molar-refractivity contribution in [3.05, 3.63) is 71.8 Å². The van der Waals surface area contributed by atoms with E-state index < -0.39 is 0 Å². The summed E-state index contributed by atoms with van der Waals surface area (Å²) < 4.78 is 0. The van der Waals surface area contributed by atoms with Crippen LogP contribution in [0.3, 0.4) is 0 Å². The SMILES string of the molecule is Cc1ccc(CC(=O)NC2CCN(c3ncc(-c4ccncc4)c(C(C)C)n3)CC2)cc1. The summed E-state index contributed by atoms with van der Waals surface area (Å²) in [6.07, 6.45) is 7.75. The molecule has 2 aromatic heterocycles. The Labute approximate surface area is 190 Å². The molecule has 32 heavy (non-hydrogen) atoms. The van der Waals surface area contributed by atoms with Crippen molar-refractivity contribution in [1.29, 1.82) is 0 Å². The third-order valence-corrected chi connectivity index (χ3v) is 5.97. The van der Waals surface area contributed by atoms with Gasteiger partial charge in [0.2, 0.25) is 11.9 Å². The van der Waals surface area contributed by atoms with E-state index >= 15 is 0 Å². The molecule has 0 unspecified atom stereocenters. The molecule has 1 saturated heterocycles. The van der Waals surface area contributed by atoms with E-state index in [0.717, 1.165) is 54.3 Å². The van der Waals surface area contributed by atoms with Gasteiger partial charge in [-0.25, -0.2) is 9.97 Å². The minimum atomic E-state index is 0.0901. The Morgan fingerprint density at radius 3 is 2.44 bits per heavy atom. The summed E-state index contributed by atoms with van der Waals surface area (Å²) >= 11 is 0. The first kappa shape index (κ1) is 21.9. The minimum Gasteiger partial charge on any atom is -0.353 e. The minimum absolute atomic E-state index is 0.0901. The van der Waals surface area contributed by atoms with E-state index in [1.54, 1.807) is 12.4 Å². The average Bonchev–Trinajstić information content (AvgIpc) is 2.81. The summed E-state index contributed by atoms with van der Waals surface area (Å²) in [5.74, 6) is 1.15. The Bertz CT molecular complexity index is 1040. The van der Waals surface area contributed by atoms with Gasteiger partial charge in [0.15, 0.2) is 0 Å². The number of carbonyl (C=O) groups is 1. The van der Waals surface area contributed by atoms with Crippen LogP contribution in [0.5, 0.6) is 0 Å². The smallest absolute Gasteiger partial charge is 0.225 e. The molecule has 1 amide bonds. The number of anilines is 1. The lowest BCUT2D eigenvalue weighted by atomic mass is 10.00. The Morgan fingerprint density at radius 1 is 1.09 bits per heavy atom. The molecule has 6 heteroatoms. The second-order valence-electron chi connectivity index (χ2n) is 8.85. The number of aromatic nitrogens is 3. The fourth-order valence-corrected chi connectivity index (χ4v) is 4.13. The molecule has 1 aliphatic heterocycles. The number of hydrogen-bond acceptors (Lipinski definition) is 5. The normalized spacial score (nSPS) is 14.6. The zero-order chi connectivity index (χ0) is 22.5. The molecule has 6 nitrogen and oxygen atoms in total. The van der Waals surface area contributed by atoms with Crippen molar-refractivity contribution in [1.82, 2.24) is 20.3 Å². The molecule has 3 heterocycles. The van der Waals surface area contributed by atoms with Gasteiger partial charge in [-0.2, -0.15) is 0 Å². The maximum atomic E-state index is 12.5. The highest BCUT2D eigenvalue weighted by Crippen LogP contribution is 2.29. The van der Waals surface area contributed by atoms with Crippen LogP contribution < -0.4 is 10.2 Å². The van der Waals surface area contributed by atoms with E-state index in [0.29, 0.717) is 12.3 Å². The molecule has 0 saturated carbocycles. The zero-order valence-corrected chi connectivity index (χ0v) is 19.1. The summed E-state index contributed by atoms with van der Waals surface area (Å²) in [5, 5.41) is 3.20. The van der Waals surface area contributed by atoms with Gasteiger partial charge in [0.1, 0.15) is 0 Å². The van der Waals surface area contributed by atoms with Gasteiger partial charge in [0.25, 0.3) is 0 Å². The van der Waals surface area contributed by atoms with Crippen LogP contribution in [-0.4, -0.2) is 40.0 Å². The molecule has 0 spiro atoms. The zero-order valence-electron chi connectivity index (χ0n) is 19.1. The number of carbonyl (C=O) groups excluding carboxylic acids is 1. The van der Waals surface area contributed by atoms with Crippen LogP contribution in [0.2, 0.25) is 0 Å². The van der Waals surface area contributed by atoms with Gasteiger partial charge in [0.05, 0.1) is 12.1 Å². The predicted octanol–water partition coefficient (Wildman–Crippen LogP) is 4.30. The molecule has 1 aliphatic rings. The Kier molecular flexibility index (Phi) is 6.78. The van der Waals surface area contributed by atoms with Crippen LogP contribution in [0.25, 0.3) is 11.1 Å². The average molecular weight is 430 g/mol. The Balaban J connectivity index is 1.37. The second kappa shape index (κ2) is 9.90. The number of benzene rings is 1. The summed E-state index contributed by atoms with van der Waals surface area (Å²) in [6.45, 7) is 8.04. The molecule has 166 valence electrons. The lowest BCUT2D eigenvalue weighted by molar-refractivity contribution is -0.121. The maximum absolute atomic E-state index is 12.5. The first-order valence-corrected chi connectivity index (χ1v) is 11.4. The molecular formula is C26H31N5O. The quantitative estimate of drug-likeness (QED) is 0.633. The maximum Gasteiger partial charge on any atom is 0.225 e. The van der Waals surface area contributed by atoms with Crippen LogP contribution in [0.1, 0.15) is 49.4 Å². The lowest BCUT2D eigenvalue weighted by Crippen LogP contribution is -2.45. The number of aryl methyl sites for hydroxylation is 1. The molecule has 4 rings (SSSR count). The molecular weight excluding hydrogens is 398 g/mol. The lowest BCUT2D eigenvalue weighted by Gasteiger charge is -2.33. The third kappa shape index (κ3) is 5.31. The van der Waals surface area contributed by atoms with Crippen LogP contribution >= 0.6 is 0 Å². The van der Waals surface area contributed by atoms with E-state index in [1.807, 2.05) is 42.6 Å². The summed E-state index contributed by atoms with van der Waals surface area (Å²) in [5.41, 5.74) is 5.46. The van der Waals surface area contributed by atoms with Gasteiger partial charge in [-0.3, -0.25) is 9.78 Å². The van der Waals surface area contributed by atoms with E-state index in [-0.39, 0.29) is 11.9 Å². The van der Waals surface area contributed by atoms with Gasteiger partial charge >= 0.3 is 0 Å². The van der Waals surface area contributed by atoms with Crippen molar-refractivity contribution in [2.45, 2.75) is 52.0 Å². The van der Waals surface area contributed by atoms with E-state index in [9.17, 15) is 4.79 Å². The monoisotopic (exact) mass is 429 g/mol. The van der Waals surface area contributed by atoms with Crippen molar-refractivity contribution >= 4 is 11.9 Å². The first-order valence-electron chi connectivity index (χ1n) is 11.4. The van der Waals surface area contributed by atoms with Crippen molar-refractivity contribution in [2.24, 2.45) is 0 Å². The number of amides is 1. The highest BCUT2D eigenvalue weighted by Gasteiger charge is 2.23. The number of piperidine rings is 1. The van der Waals surface area contributed by atoms with Gasteiger partial charge in [-0.05, 0) is 48.9 Å². The van der Waals surface area contributed by atoms with Crippen molar-refractivity contribution in [2.75, 3.05) is 18.0 Å². The van der Waals surface area contributed by atoms with Gasteiger partial charge < -0.3 is 10.2 Å². The number of pyridine rings is 1. The van der Waals surface area contributed by atoms with Gasteiger partial charge in [0, 0.05) is 43.3 Å². The second-order valence-corrected chi connectivity index (χ2v) is 8.85. The Hall–Kier alpha value is -3.28. The molecule has 0 aliphatic carbocycles. The molecule has 0 radical (unpaired) electrons. The summed E-state index contributed by atoms with van der Waals surface area (Å²) in [6, 6.07) is 12.3. The van der Waals surface area contributed by atoms with Crippen LogP contribution in [0.4, 0.5) is 5.95 Å². The summed E-state index contributed by atoms with van der Waals surface area (Å²) in [7, 11) is 0. The summed E-state index contributed by atoms with van der Waals surface area (Å²) in [4.78, 5) is 28.4. The van der Waals surface area contributed by atoms with E-state index in [1.165, 1.54) is 5.56 Å². The van der Waals surface area contributed by atoms with Gasteiger partial charge in [-0.1, -0.05) is 43.7 Å². The highest BCUT2D eigenvalue weighted by molar-refractivity contribution is 5.78. The predicted molar refractivity (Wildman–Crippen MR) is 128 cm³/mol. The van der Waals surface area contributed by atoms with Crippen molar-refractivity contribution < 1.29 is 4.79 Å².